The maximum absolute atomic E-state index is 16.1. The largest absolute Gasteiger partial charge is 0.462 e. The Morgan fingerprint density at radius 1 is 1.34 bits per heavy atom. The van der Waals surface area contributed by atoms with Crippen molar-refractivity contribution in [3.8, 4) is 5.75 Å². The van der Waals surface area contributed by atoms with Crippen molar-refractivity contribution in [1.82, 2.24) is 14.6 Å². The second kappa shape index (κ2) is 11.6. The lowest BCUT2D eigenvalue weighted by molar-refractivity contribution is -0.177. The fourth-order valence-corrected chi connectivity index (χ4v) is 5.50. The van der Waals surface area contributed by atoms with Crippen LogP contribution in [0.4, 0.5) is 4.39 Å². The number of rotatable bonds is 11. The zero-order chi connectivity index (χ0) is 28.1. The number of H-pyrrole nitrogens is 1. The lowest BCUT2D eigenvalue weighted by Crippen LogP contribution is -2.38. The fraction of sp³-hybridized carbons (Fsp3) is 0.440. The predicted molar refractivity (Wildman–Crippen MR) is 136 cm³/mol. The molecule has 1 aliphatic rings. The average molecular weight is 552 g/mol. The van der Waals surface area contributed by atoms with E-state index in [1.807, 2.05) is 0 Å². The molecule has 0 bridgehead atoms. The lowest BCUT2D eigenvalue weighted by Gasteiger charge is -2.26. The molecule has 1 aliphatic heterocycles. The van der Waals surface area contributed by atoms with Gasteiger partial charge in [0, 0.05) is 24.1 Å². The van der Waals surface area contributed by atoms with Crippen LogP contribution >= 0.6 is 7.75 Å². The molecule has 1 saturated heterocycles. The molecule has 2 N–H and O–H groups in total. The molecule has 38 heavy (non-hydrogen) atoms. The van der Waals surface area contributed by atoms with Crippen molar-refractivity contribution in [2.24, 2.45) is 5.41 Å². The van der Waals surface area contributed by atoms with Crippen molar-refractivity contribution in [2.45, 2.75) is 58.3 Å². The van der Waals surface area contributed by atoms with Crippen LogP contribution in [-0.4, -0.2) is 40.1 Å². The van der Waals surface area contributed by atoms with Crippen molar-refractivity contribution in [2.75, 3.05) is 6.61 Å². The summed E-state index contributed by atoms with van der Waals surface area (Å²) < 4.78 is 52.6. The number of nitrogens with one attached hydrogen (secondary N) is 2. The minimum Gasteiger partial charge on any atom is -0.462 e. The molecule has 11 nitrogen and oxygen atoms in total. The SMILES string of the molecule is C=C=C[C@@]1(C)C[C@@](F)(CO[P@@](=O)(N[C@@H](C)C(=O)OC(C)C)Oc2ccccc2)O[C@H]1n1ccc(=O)[nH]c1=O. The Kier molecular flexibility index (Phi) is 8.97. The molecule has 0 amide bonds. The number of ether oxygens (including phenoxy) is 2. The molecule has 5 atom stereocenters. The van der Waals surface area contributed by atoms with Gasteiger partial charge in [-0.15, -0.1) is 5.73 Å². The minimum atomic E-state index is -4.38. The number of alkyl halides is 1. The first-order chi connectivity index (χ1) is 17.8. The van der Waals surface area contributed by atoms with Crippen LogP contribution in [-0.2, 0) is 23.4 Å². The summed E-state index contributed by atoms with van der Waals surface area (Å²) in [5.41, 5.74) is -0.0150. The van der Waals surface area contributed by atoms with Gasteiger partial charge >= 0.3 is 19.4 Å². The molecule has 206 valence electrons. The summed E-state index contributed by atoms with van der Waals surface area (Å²) in [5.74, 6) is -3.14. The number of aromatic amines is 1. The van der Waals surface area contributed by atoms with Crippen molar-refractivity contribution in [1.29, 1.82) is 0 Å². The maximum atomic E-state index is 16.1. The van der Waals surface area contributed by atoms with E-state index in [1.54, 1.807) is 39.0 Å². The second-order valence-corrected chi connectivity index (χ2v) is 11.1. The molecule has 2 aromatic rings. The van der Waals surface area contributed by atoms with E-state index >= 15 is 4.39 Å². The molecule has 1 aromatic heterocycles. The molecule has 0 saturated carbocycles. The van der Waals surface area contributed by atoms with Gasteiger partial charge in [-0.2, -0.15) is 5.09 Å². The smallest absolute Gasteiger partial charge is 0.459 e. The number of aromatic nitrogens is 2. The van der Waals surface area contributed by atoms with Crippen LogP contribution < -0.4 is 20.9 Å². The standard InChI is InChI=1S/C25H31FN3O8P/c1-6-13-24(5)15-25(26,36-22(24)29-14-12-20(30)27-23(29)32)16-34-38(33,37-19-10-8-7-9-11-19)28-18(4)21(31)35-17(2)3/h7-14,17-18,22H,1,15-16H2,2-5H3,(H,28,33)(H,27,30,32)/t18-,22+,24-,25-,38-/m0/s1. The number of hydrogen-bond donors (Lipinski definition) is 2. The number of halogens is 1. The van der Waals surface area contributed by atoms with Gasteiger partial charge in [-0.05, 0) is 39.0 Å². The van der Waals surface area contributed by atoms with Gasteiger partial charge in [0.25, 0.3) is 5.56 Å². The summed E-state index contributed by atoms with van der Waals surface area (Å²) in [5, 5.41) is 2.48. The van der Waals surface area contributed by atoms with E-state index in [1.165, 1.54) is 31.3 Å². The van der Waals surface area contributed by atoms with E-state index in [2.05, 4.69) is 22.4 Å². The Balaban J connectivity index is 1.87. The summed E-state index contributed by atoms with van der Waals surface area (Å²) in [6.07, 6.45) is 0.623. The average Bonchev–Trinajstić information content (AvgIpc) is 3.09. The highest BCUT2D eigenvalue weighted by molar-refractivity contribution is 7.52. The van der Waals surface area contributed by atoms with Crippen LogP contribution in [0.25, 0.3) is 0 Å². The van der Waals surface area contributed by atoms with Crippen LogP contribution in [0.3, 0.4) is 0 Å². The van der Waals surface area contributed by atoms with E-state index in [-0.39, 0.29) is 12.2 Å². The monoisotopic (exact) mass is 551 g/mol. The van der Waals surface area contributed by atoms with E-state index in [4.69, 9.17) is 18.5 Å². The van der Waals surface area contributed by atoms with E-state index in [9.17, 15) is 18.9 Å². The molecule has 0 aliphatic carbocycles. The van der Waals surface area contributed by atoms with Crippen LogP contribution in [0.15, 0.2) is 70.6 Å². The van der Waals surface area contributed by atoms with Crippen LogP contribution in [0, 0.1) is 5.41 Å². The van der Waals surface area contributed by atoms with Crippen molar-refractivity contribution < 1.29 is 32.3 Å². The van der Waals surface area contributed by atoms with Gasteiger partial charge in [-0.25, -0.2) is 13.8 Å². The zero-order valence-corrected chi connectivity index (χ0v) is 22.4. The Morgan fingerprint density at radius 2 is 2.03 bits per heavy atom. The number of carbonyl (C=O) groups excluding carboxylic acids is 1. The van der Waals surface area contributed by atoms with Gasteiger partial charge in [-0.3, -0.25) is 23.7 Å². The Bertz CT molecular complexity index is 1360. The third kappa shape index (κ3) is 7.18. The topological polar surface area (TPSA) is 138 Å². The third-order valence-corrected chi connectivity index (χ3v) is 7.17. The first-order valence-corrected chi connectivity index (χ1v) is 13.4. The van der Waals surface area contributed by atoms with Gasteiger partial charge < -0.3 is 14.0 Å². The van der Waals surface area contributed by atoms with Crippen molar-refractivity contribution in [3.63, 3.8) is 0 Å². The Hall–Kier alpha value is -3.27. The summed E-state index contributed by atoms with van der Waals surface area (Å²) in [4.78, 5) is 38.4. The molecule has 13 heteroatoms. The third-order valence-electron chi connectivity index (χ3n) is 5.54. The highest BCUT2D eigenvalue weighted by atomic mass is 31.2. The van der Waals surface area contributed by atoms with Crippen LogP contribution in [0.1, 0.15) is 40.3 Å². The lowest BCUT2D eigenvalue weighted by atomic mass is 9.84. The Labute approximate surface area is 218 Å². The summed E-state index contributed by atoms with van der Waals surface area (Å²) in [6, 6.07) is 7.96. The van der Waals surface area contributed by atoms with Crippen LogP contribution in [0.2, 0.25) is 0 Å². The van der Waals surface area contributed by atoms with Gasteiger partial charge in [0.15, 0.2) is 6.23 Å². The minimum absolute atomic E-state index is 0.144. The van der Waals surface area contributed by atoms with Crippen molar-refractivity contribution >= 4 is 13.7 Å². The molecule has 0 unspecified atom stereocenters. The van der Waals surface area contributed by atoms with Gasteiger partial charge in [-0.1, -0.05) is 31.7 Å². The number of nitrogens with zero attached hydrogens (tertiary/aromatic N) is 1. The molecule has 0 radical (unpaired) electrons. The Morgan fingerprint density at radius 3 is 2.63 bits per heavy atom. The predicted octanol–water partition coefficient (Wildman–Crippen LogP) is 3.60. The molecule has 1 fully saturated rings. The first kappa shape index (κ1) is 29.3. The molecule has 2 heterocycles. The highest BCUT2D eigenvalue weighted by Gasteiger charge is 2.55. The van der Waals surface area contributed by atoms with Crippen LogP contribution in [0.5, 0.6) is 5.75 Å². The molecule has 0 spiro atoms. The summed E-state index contributed by atoms with van der Waals surface area (Å²) in [7, 11) is -4.38. The molecule has 3 rings (SSSR count). The maximum Gasteiger partial charge on any atom is 0.459 e. The fourth-order valence-electron chi connectivity index (χ4n) is 3.98. The van der Waals surface area contributed by atoms with E-state index in [0.717, 1.165) is 10.6 Å². The zero-order valence-electron chi connectivity index (χ0n) is 21.5. The number of benzene rings is 1. The van der Waals surface area contributed by atoms with Gasteiger partial charge in [0.1, 0.15) is 18.4 Å². The normalized spacial score (nSPS) is 25.3. The number of hydrogen-bond acceptors (Lipinski definition) is 8. The highest BCUT2D eigenvalue weighted by Crippen LogP contribution is 2.53. The quantitative estimate of drug-likeness (QED) is 0.244. The second-order valence-electron chi connectivity index (χ2n) is 9.41. The molecular weight excluding hydrogens is 520 g/mol. The van der Waals surface area contributed by atoms with E-state index < -0.39 is 61.2 Å². The first-order valence-electron chi connectivity index (χ1n) is 11.8. The number of para-hydroxylation sites is 1. The van der Waals surface area contributed by atoms with E-state index in [0.29, 0.717) is 0 Å². The van der Waals surface area contributed by atoms with Crippen molar-refractivity contribution in [3.05, 3.63) is 81.8 Å². The van der Waals surface area contributed by atoms with Gasteiger partial charge in [0.2, 0.25) is 5.85 Å². The number of esters is 1. The summed E-state index contributed by atoms with van der Waals surface area (Å²) >= 11 is 0. The molecular formula is C25H31FN3O8P. The molecule has 1 aromatic carbocycles. The summed E-state index contributed by atoms with van der Waals surface area (Å²) in [6.45, 7) is 8.95. The van der Waals surface area contributed by atoms with Gasteiger partial charge in [0.05, 0.1) is 6.10 Å². The number of carbonyl (C=O) groups is 1.